The van der Waals surface area contributed by atoms with Gasteiger partial charge < -0.3 is 25.6 Å². The third-order valence-corrected chi connectivity index (χ3v) is 2.38. The highest BCUT2D eigenvalue weighted by Gasteiger charge is 2.10. The van der Waals surface area contributed by atoms with Crippen molar-refractivity contribution in [3.8, 4) is 17.2 Å². The van der Waals surface area contributed by atoms with E-state index in [1.165, 1.54) is 6.07 Å². The molecule has 6 nitrogen and oxygen atoms in total. The Morgan fingerprint density at radius 3 is 2.65 bits per heavy atom. The molecule has 0 aliphatic heterocycles. The molecule has 0 fully saturated rings. The van der Waals surface area contributed by atoms with Crippen molar-refractivity contribution in [1.29, 1.82) is 0 Å². The molecule has 0 aliphatic carbocycles. The lowest BCUT2D eigenvalue weighted by atomic mass is 10.1. The van der Waals surface area contributed by atoms with Crippen LogP contribution in [0.4, 0.5) is 0 Å². The van der Waals surface area contributed by atoms with Crippen molar-refractivity contribution in [2.45, 2.75) is 13.1 Å². The third kappa shape index (κ3) is 2.48. The maximum Gasteiger partial charge on any atom is 0.200 e. The quantitative estimate of drug-likeness (QED) is 0.505. The number of nitrogens with zero attached hydrogens (tertiary/aromatic N) is 1. The van der Waals surface area contributed by atoms with Crippen molar-refractivity contribution in [3.63, 3.8) is 0 Å². The van der Waals surface area contributed by atoms with E-state index in [1.807, 2.05) is 0 Å². The third-order valence-electron chi connectivity index (χ3n) is 2.38. The van der Waals surface area contributed by atoms with Crippen LogP contribution >= 0.6 is 0 Å². The maximum atomic E-state index is 9.56. The summed E-state index contributed by atoms with van der Waals surface area (Å²) in [7, 11) is 0. The number of aromatic amines is 1. The van der Waals surface area contributed by atoms with Crippen LogP contribution in [0.2, 0.25) is 0 Å². The van der Waals surface area contributed by atoms with Crippen LogP contribution in [0, 0.1) is 0 Å². The van der Waals surface area contributed by atoms with Crippen LogP contribution in [0.3, 0.4) is 0 Å². The van der Waals surface area contributed by atoms with Crippen molar-refractivity contribution in [1.82, 2.24) is 15.3 Å². The van der Waals surface area contributed by atoms with Crippen molar-refractivity contribution in [3.05, 3.63) is 35.9 Å². The Bertz CT molecular complexity index is 497. The number of hydrogen-bond acceptors (Lipinski definition) is 5. The van der Waals surface area contributed by atoms with E-state index < -0.39 is 5.75 Å². The van der Waals surface area contributed by atoms with Gasteiger partial charge in [-0.25, -0.2) is 4.98 Å². The molecule has 0 spiro atoms. The average Bonchev–Trinajstić information content (AvgIpc) is 2.82. The topological polar surface area (TPSA) is 101 Å². The van der Waals surface area contributed by atoms with Crippen LogP contribution < -0.4 is 5.32 Å². The lowest BCUT2D eigenvalue weighted by Crippen LogP contribution is -2.13. The number of aromatic hydroxyl groups is 3. The summed E-state index contributed by atoms with van der Waals surface area (Å²) in [4.78, 5) is 6.96. The highest BCUT2D eigenvalue weighted by Crippen LogP contribution is 2.36. The van der Waals surface area contributed by atoms with Gasteiger partial charge in [-0.15, -0.1) is 0 Å². The summed E-state index contributed by atoms with van der Waals surface area (Å²) in [6.07, 6.45) is 3.38. The van der Waals surface area contributed by atoms with E-state index in [-0.39, 0.29) is 11.5 Å². The fourth-order valence-corrected chi connectivity index (χ4v) is 1.46. The highest BCUT2D eigenvalue weighted by atomic mass is 16.3. The number of imidazole rings is 1. The van der Waals surface area contributed by atoms with E-state index in [1.54, 1.807) is 18.5 Å². The number of benzene rings is 1. The van der Waals surface area contributed by atoms with Crippen LogP contribution in [0.5, 0.6) is 17.2 Å². The number of nitrogens with one attached hydrogen (secondary N) is 2. The predicted octanol–water partition coefficient (Wildman–Crippen LogP) is 0.816. The Hall–Kier alpha value is -2.21. The second-order valence-corrected chi connectivity index (χ2v) is 3.58. The summed E-state index contributed by atoms with van der Waals surface area (Å²) < 4.78 is 0. The summed E-state index contributed by atoms with van der Waals surface area (Å²) in [5, 5.41) is 31.1. The summed E-state index contributed by atoms with van der Waals surface area (Å²) >= 11 is 0. The Labute approximate surface area is 97.6 Å². The Balaban J connectivity index is 1.97. The van der Waals surface area contributed by atoms with Crippen LogP contribution in [0.15, 0.2) is 24.5 Å². The normalized spacial score (nSPS) is 10.6. The molecular formula is C11H13N3O3. The molecule has 0 aliphatic rings. The van der Waals surface area contributed by atoms with E-state index in [0.29, 0.717) is 18.7 Å². The zero-order valence-corrected chi connectivity index (χ0v) is 9.01. The van der Waals surface area contributed by atoms with Gasteiger partial charge in [-0.05, 0) is 6.07 Å². The molecule has 1 heterocycles. The van der Waals surface area contributed by atoms with Gasteiger partial charge in [-0.1, -0.05) is 6.07 Å². The van der Waals surface area contributed by atoms with Crippen LogP contribution in [-0.4, -0.2) is 25.3 Å². The van der Waals surface area contributed by atoms with Gasteiger partial charge in [0, 0.05) is 24.5 Å². The van der Waals surface area contributed by atoms with Crippen LogP contribution in [0.25, 0.3) is 0 Å². The molecule has 2 rings (SSSR count). The monoisotopic (exact) mass is 235 g/mol. The number of phenols is 3. The van der Waals surface area contributed by atoms with Gasteiger partial charge in [0.1, 0.15) is 5.82 Å². The summed E-state index contributed by atoms with van der Waals surface area (Å²) in [5.74, 6) is -0.357. The molecule has 6 heteroatoms. The Morgan fingerprint density at radius 2 is 1.94 bits per heavy atom. The number of aromatic nitrogens is 2. The molecule has 0 bridgehead atoms. The number of H-pyrrole nitrogens is 1. The van der Waals surface area contributed by atoms with Crippen molar-refractivity contribution in [2.75, 3.05) is 0 Å². The first kappa shape index (κ1) is 11.3. The second-order valence-electron chi connectivity index (χ2n) is 3.58. The number of phenolic OH excluding ortho intramolecular Hbond substituents is 3. The van der Waals surface area contributed by atoms with Gasteiger partial charge in [0.15, 0.2) is 11.5 Å². The van der Waals surface area contributed by atoms with Gasteiger partial charge in [-0.2, -0.15) is 0 Å². The molecule has 1 aromatic carbocycles. The van der Waals surface area contributed by atoms with Crippen molar-refractivity contribution < 1.29 is 15.3 Å². The van der Waals surface area contributed by atoms with E-state index in [0.717, 1.165) is 5.82 Å². The molecule has 1 aromatic heterocycles. The minimum absolute atomic E-state index is 0.308. The van der Waals surface area contributed by atoms with E-state index in [4.69, 9.17) is 5.11 Å². The largest absolute Gasteiger partial charge is 0.504 e. The van der Waals surface area contributed by atoms with Crippen LogP contribution in [0.1, 0.15) is 11.4 Å². The van der Waals surface area contributed by atoms with E-state index in [2.05, 4.69) is 15.3 Å². The Morgan fingerprint density at radius 1 is 1.12 bits per heavy atom. The molecular weight excluding hydrogens is 222 g/mol. The average molecular weight is 235 g/mol. The Kier molecular flexibility index (Phi) is 3.15. The fraction of sp³-hybridized carbons (Fsp3) is 0.182. The molecule has 17 heavy (non-hydrogen) atoms. The van der Waals surface area contributed by atoms with Gasteiger partial charge in [0.25, 0.3) is 0 Å². The van der Waals surface area contributed by atoms with Gasteiger partial charge in [0.05, 0.1) is 6.54 Å². The molecule has 0 saturated carbocycles. The standard InChI is InChI=1S/C11H13N3O3/c15-8-2-1-7(10(16)11(8)17)5-12-6-9-13-3-4-14-9/h1-4,12,15-17H,5-6H2,(H,13,14). The molecule has 0 saturated heterocycles. The maximum absolute atomic E-state index is 9.56. The summed E-state index contributed by atoms with van der Waals surface area (Å²) in [6.45, 7) is 0.883. The fourth-order valence-electron chi connectivity index (χ4n) is 1.46. The zero-order chi connectivity index (χ0) is 12.3. The molecule has 2 aromatic rings. The predicted molar refractivity (Wildman–Crippen MR) is 60.6 cm³/mol. The van der Waals surface area contributed by atoms with Crippen LogP contribution in [-0.2, 0) is 13.1 Å². The summed E-state index contributed by atoms with van der Waals surface area (Å²) in [5.41, 5.74) is 0.506. The van der Waals surface area contributed by atoms with Gasteiger partial charge in [-0.3, -0.25) is 0 Å². The molecule has 0 radical (unpaired) electrons. The molecule has 90 valence electrons. The second kappa shape index (κ2) is 4.75. The first-order valence-electron chi connectivity index (χ1n) is 5.10. The minimum atomic E-state index is -0.498. The molecule has 0 unspecified atom stereocenters. The van der Waals surface area contributed by atoms with Crippen molar-refractivity contribution in [2.24, 2.45) is 0 Å². The number of hydrogen-bond donors (Lipinski definition) is 5. The molecule has 5 N–H and O–H groups in total. The minimum Gasteiger partial charge on any atom is -0.504 e. The lowest BCUT2D eigenvalue weighted by molar-refractivity contribution is 0.364. The SMILES string of the molecule is Oc1ccc(CNCc2ncc[nH]2)c(O)c1O. The zero-order valence-electron chi connectivity index (χ0n) is 9.01. The highest BCUT2D eigenvalue weighted by molar-refractivity contribution is 5.52. The van der Waals surface area contributed by atoms with E-state index in [9.17, 15) is 10.2 Å². The van der Waals surface area contributed by atoms with Crippen molar-refractivity contribution >= 4 is 0 Å². The smallest absolute Gasteiger partial charge is 0.200 e. The molecule has 0 atom stereocenters. The summed E-state index contributed by atoms with van der Waals surface area (Å²) in [6, 6.07) is 2.87. The first-order valence-corrected chi connectivity index (χ1v) is 5.10. The first-order chi connectivity index (χ1) is 8.18. The van der Waals surface area contributed by atoms with Gasteiger partial charge >= 0.3 is 0 Å². The van der Waals surface area contributed by atoms with Gasteiger partial charge in [0.2, 0.25) is 5.75 Å². The molecule has 0 amide bonds. The lowest BCUT2D eigenvalue weighted by Gasteiger charge is -2.08. The number of rotatable bonds is 4. The van der Waals surface area contributed by atoms with E-state index >= 15 is 0 Å².